The Morgan fingerprint density at radius 2 is 1.96 bits per heavy atom. The van der Waals surface area contributed by atoms with E-state index in [1.54, 1.807) is 7.11 Å². The Morgan fingerprint density at radius 3 is 2.50 bits per heavy atom. The molecule has 2 aliphatic heterocycles. The molecule has 0 aliphatic carbocycles. The van der Waals surface area contributed by atoms with Crippen molar-refractivity contribution in [3.8, 4) is 0 Å². The number of rotatable bonds is 3. The summed E-state index contributed by atoms with van der Waals surface area (Å²) in [6, 6.07) is 7.19. The topological polar surface area (TPSA) is 59.0 Å². The highest BCUT2D eigenvalue weighted by Crippen LogP contribution is 2.31. The fourth-order valence-corrected chi connectivity index (χ4v) is 3.22. The van der Waals surface area contributed by atoms with Crippen LogP contribution in [0.5, 0.6) is 0 Å². The highest BCUT2D eigenvalue weighted by atomic mass is 19.4. The van der Waals surface area contributed by atoms with E-state index in [4.69, 9.17) is 19.4 Å². The summed E-state index contributed by atoms with van der Waals surface area (Å²) in [4.78, 5) is 11.3. The van der Waals surface area contributed by atoms with E-state index in [1.807, 2.05) is 12.1 Å². The predicted molar refractivity (Wildman–Crippen MR) is 84.1 cm³/mol. The first kappa shape index (κ1) is 20.6. The summed E-state index contributed by atoms with van der Waals surface area (Å²) in [6.45, 7) is 2.57. The van der Waals surface area contributed by atoms with Crippen LogP contribution in [-0.2, 0) is 20.8 Å². The van der Waals surface area contributed by atoms with Gasteiger partial charge in [-0.2, -0.15) is 13.2 Å². The normalized spacial score (nSPS) is 26.0. The molecule has 2 aliphatic rings. The Bertz CT molecular complexity index is 593. The molecule has 0 bridgehead atoms. The van der Waals surface area contributed by atoms with Crippen LogP contribution in [0.3, 0.4) is 0 Å². The van der Waals surface area contributed by atoms with Crippen LogP contribution in [0, 0.1) is 5.82 Å². The summed E-state index contributed by atoms with van der Waals surface area (Å²) in [7, 11) is 1.75. The molecule has 1 aromatic carbocycles. The molecule has 2 fully saturated rings. The van der Waals surface area contributed by atoms with Crippen molar-refractivity contribution in [1.82, 2.24) is 4.90 Å². The standard InChI is InChI=1S/C15H20FNO2.C2HF3O2/c1-18-14-10-17(13-3-2-8-19-15(13)14)9-11-4-6-12(16)7-5-11;3-2(4,5)1(6)7/h4-7,13-15H,2-3,8-10H2,1H3;(H,6,7)/t13-,14+,15+;/m1./s1. The summed E-state index contributed by atoms with van der Waals surface area (Å²) in [5.74, 6) is -2.94. The van der Waals surface area contributed by atoms with Gasteiger partial charge < -0.3 is 14.6 Å². The van der Waals surface area contributed by atoms with Crippen molar-refractivity contribution in [1.29, 1.82) is 0 Å². The van der Waals surface area contributed by atoms with E-state index < -0.39 is 12.1 Å². The van der Waals surface area contributed by atoms with Crippen molar-refractivity contribution in [2.24, 2.45) is 0 Å². The summed E-state index contributed by atoms with van der Waals surface area (Å²) in [6.07, 6.45) is -2.46. The first-order valence-corrected chi connectivity index (χ1v) is 8.15. The Kier molecular flexibility index (Phi) is 6.96. The number of nitrogens with zero attached hydrogens (tertiary/aromatic N) is 1. The lowest BCUT2D eigenvalue weighted by Gasteiger charge is -2.32. The molecule has 1 aromatic rings. The molecule has 0 radical (unpaired) electrons. The van der Waals surface area contributed by atoms with Gasteiger partial charge in [-0.15, -0.1) is 0 Å². The number of alkyl halides is 3. The Labute approximate surface area is 148 Å². The molecule has 146 valence electrons. The number of likely N-dealkylation sites (tertiary alicyclic amines) is 1. The maximum absolute atomic E-state index is 12.9. The smallest absolute Gasteiger partial charge is 0.475 e. The minimum atomic E-state index is -5.08. The molecule has 5 nitrogen and oxygen atoms in total. The predicted octanol–water partition coefficient (Wildman–Crippen LogP) is 2.84. The van der Waals surface area contributed by atoms with Gasteiger partial charge in [0.1, 0.15) is 11.9 Å². The van der Waals surface area contributed by atoms with E-state index in [0.29, 0.717) is 6.04 Å². The summed E-state index contributed by atoms with van der Waals surface area (Å²) in [5.41, 5.74) is 1.14. The van der Waals surface area contributed by atoms with Crippen LogP contribution >= 0.6 is 0 Å². The summed E-state index contributed by atoms with van der Waals surface area (Å²) >= 11 is 0. The Morgan fingerprint density at radius 1 is 1.35 bits per heavy atom. The minimum Gasteiger partial charge on any atom is -0.475 e. The van der Waals surface area contributed by atoms with Crippen LogP contribution in [0.15, 0.2) is 24.3 Å². The zero-order valence-electron chi connectivity index (χ0n) is 14.2. The van der Waals surface area contributed by atoms with E-state index in [9.17, 15) is 17.6 Å². The number of aliphatic carboxylic acids is 1. The molecule has 0 amide bonds. The average Bonchev–Trinajstić information content (AvgIpc) is 2.95. The maximum atomic E-state index is 12.9. The third-order valence-corrected chi connectivity index (χ3v) is 4.43. The van der Waals surface area contributed by atoms with E-state index >= 15 is 0 Å². The van der Waals surface area contributed by atoms with Crippen LogP contribution < -0.4 is 0 Å². The lowest BCUT2D eigenvalue weighted by atomic mass is 10.0. The molecule has 9 heteroatoms. The number of benzene rings is 1. The summed E-state index contributed by atoms with van der Waals surface area (Å²) < 4.78 is 56.1. The number of carboxylic acids is 1. The van der Waals surface area contributed by atoms with E-state index in [1.165, 1.54) is 12.1 Å². The SMILES string of the molecule is CO[C@H]1CN(Cc2ccc(F)cc2)[C@@H]2CCCO[C@H]12.O=C(O)C(F)(F)F. The van der Waals surface area contributed by atoms with Crippen LogP contribution in [-0.4, -0.2) is 60.7 Å². The van der Waals surface area contributed by atoms with E-state index in [0.717, 1.165) is 38.1 Å². The molecular formula is C17H21F4NO4. The summed E-state index contributed by atoms with van der Waals surface area (Å²) in [5, 5.41) is 7.12. The van der Waals surface area contributed by atoms with Gasteiger partial charge in [-0.3, -0.25) is 4.90 Å². The highest BCUT2D eigenvalue weighted by Gasteiger charge is 2.44. The van der Waals surface area contributed by atoms with Gasteiger partial charge >= 0.3 is 12.1 Å². The van der Waals surface area contributed by atoms with Gasteiger partial charge in [0.2, 0.25) is 0 Å². The van der Waals surface area contributed by atoms with Gasteiger partial charge in [-0.1, -0.05) is 12.1 Å². The molecule has 3 rings (SSSR count). The first-order chi connectivity index (χ1) is 12.2. The number of carboxylic acid groups (broad SMARTS) is 1. The van der Waals surface area contributed by atoms with Crippen molar-refractivity contribution < 1.29 is 36.9 Å². The number of halogens is 4. The molecule has 1 N–H and O–H groups in total. The lowest BCUT2D eigenvalue weighted by molar-refractivity contribution is -0.192. The van der Waals surface area contributed by atoms with Crippen LogP contribution in [0.25, 0.3) is 0 Å². The number of carbonyl (C=O) groups is 1. The number of ether oxygens (including phenoxy) is 2. The third-order valence-electron chi connectivity index (χ3n) is 4.43. The molecule has 0 saturated carbocycles. The van der Waals surface area contributed by atoms with Crippen LogP contribution in [0.2, 0.25) is 0 Å². The van der Waals surface area contributed by atoms with E-state index in [-0.39, 0.29) is 18.0 Å². The number of hydrogen-bond donors (Lipinski definition) is 1. The fraction of sp³-hybridized carbons (Fsp3) is 0.588. The minimum absolute atomic E-state index is 0.158. The van der Waals surface area contributed by atoms with Gasteiger partial charge in [0, 0.05) is 32.8 Å². The molecule has 2 heterocycles. The molecular weight excluding hydrogens is 358 g/mol. The second kappa shape index (κ2) is 8.79. The molecule has 2 saturated heterocycles. The molecule has 0 aromatic heterocycles. The molecule has 0 unspecified atom stereocenters. The number of fused-ring (bicyclic) bond motifs is 1. The largest absolute Gasteiger partial charge is 0.490 e. The van der Waals surface area contributed by atoms with E-state index in [2.05, 4.69) is 4.90 Å². The molecule has 3 atom stereocenters. The zero-order valence-corrected chi connectivity index (χ0v) is 14.2. The number of methoxy groups -OCH3 is 1. The van der Waals surface area contributed by atoms with Gasteiger partial charge in [0.15, 0.2) is 0 Å². The maximum Gasteiger partial charge on any atom is 0.490 e. The van der Waals surface area contributed by atoms with Crippen molar-refractivity contribution in [2.75, 3.05) is 20.3 Å². The van der Waals surface area contributed by atoms with Crippen molar-refractivity contribution in [3.05, 3.63) is 35.6 Å². The average molecular weight is 379 g/mol. The highest BCUT2D eigenvalue weighted by molar-refractivity contribution is 5.73. The van der Waals surface area contributed by atoms with Crippen molar-refractivity contribution in [2.45, 2.75) is 43.8 Å². The second-order valence-electron chi connectivity index (χ2n) is 6.18. The molecule has 0 spiro atoms. The first-order valence-electron chi connectivity index (χ1n) is 8.15. The van der Waals surface area contributed by atoms with Crippen LogP contribution in [0.1, 0.15) is 18.4 Å². The molecule has 26 heavy (non-hydrogen) atoms. The third kappa shape index (κ3) is 5.39. The van der Waals surface area contributed by atoms with Gasteiger partial charge in [0.05, 0.1) is 6.10 Å². The van der Waals surface area contributed by atoms with Crippen LogP contribution in [0.4, 0.5) is 17.6 Å². The second-order valence-corrected chi connectivity index (χ2v) is 6.18. The Hall–Kier alpha value is -1.71. The Balaban J connectivity index is 0.000000298. The number of hydrogen-bond acceptors (Lipinski definition) is 4. The van der Waals surface area contributed by atoms with Gasteiger partial charge in [-0.05, 0) is 30.5 Å². The van der Waals surface area contributed by atoms with Crippen molar-refractivity contribution in [3.63, 3.8) is 0 Å². The lowest BCUT2D eigenvalue weighted by Crippen LogP contribution is -2.41. The zero-order chi connectivity index (χ0) is 19.3. The monoisotopic (exact) mass is 379 g/mol. The fourth-order valence-electron chi connectivity index (χ4n) is 3.22. The van der Waals surface area contributed by atoms with Gasteiger partial charge in [0.25, 0.3) is 0 Å². The van der Waals surface area contributed by atoms with Crippen molar-refractivity contribution >= 4 is 5.97 Å². The van der Waals surface area contributed by atoms with Gasteiger partial charge in [-0.25, -0.2) is 9.18 Å². The quantitative estimate of drug-likeness (QED) is 0.819.